The van der Waals surface area contributed by atoms with E-state index < -0.39 is 15.6 Å². The molecule has 0 aromatic heterocycles. The third-order valence-electron chi connectivity index (χ3n) is 0.653. The van der Waals surface area contributed by atoms with E-state index in [0.717, 1.165) is 6.08 Å². The quantitative estimate of drug-likeness (QED) is 0.267. The fourth-order valence-electron chi connectivity index (χ4n) is 0.261. The van der Waals surface area contributed by atoms with Crippen molar-refractivity contribution in [3.8, 4) is 0 Å². The molecule has 1 N–H and O–H groups in total. The molecule has 0 bridgehead atoms. The molecule has 0 saturated heterocycles. The standard InChI is InChI=1S/C4H8O4S.Na/c1-2-3-4(5)9(6,7)8;/h2-5H,1H3,(H,6,7,8);/q;+1/p-1/b3-2+;. The predicted molar refractivity (Wildman–Crippen MR) is 30.5 cm³/mol. The van der Waals surface area contributed by atoms with Gasteiger partial charge in [0.15, 0.2) is 5.44 Å². The SMILES string of the molecule is C/C=C/C(O)S(=O)(=O)[O-].[Na+]. The predicted octanol–water partition coefficient (Wildman–Crippen LogP) is -3.57. The molecule has 0 aliphatic heterocycles. The van der Waals surface area contributed by atoms with Gasteiger partial charge in [-0.3, -0.25) is 0 Å². The maximum absolute atomic E-state index is 9.86. The Kier molecular flexibility index (Phi) is 6.99. The molecule has 1 unspecified atom stereocenters. The number of hydrogen-bond donors (Lipinski definition) is 1. The van der Waals surface area contributed by atoms with E-state index in [-0.39, 0.29) is 29.6 Å². The van der Waals surface area contributed by atoms with Crippen LogP contribution in [0, 0.1) is 0 Å². The van der Waals surface area contributed by atoms with Crippen molar-refractivity contribution in [3.63, 3.8) is 0 Å². The summed E-state index contributed by atoms with van der Waals surface area (Å²) >= 11 is 0. The Hall–Kier alpha value is 0.610. The van der Waals surface area contributed by atoms with E-state index in [4.69, 9.17) is 5.11 Å². The van der Waals surface area contributed by atoms with Gasteiger partial charge in [0.1, 0.15) is 10.1 Å². The van der Waals surface area contributed by atoms with Gasteiger partial charge in [0, 0.05) is 0 Å². The summed E-state index contributed by atoms with van der Waals surface area (Å²) < 4.78 is 29.6. The average molecular weight is 174 g/mol. The van der Waals surface area contributed by atoms with Crippen LogP contribution in [-0.2, 0) is 10.1 Å². The fourth-order valence-corrected chi connectivity index (χ4v) is 0.610. The molecule has 0 fully saturated rings. The molecular formula is C4H7NaO4S. The van der Waals surface area contributed by atoms with Gasteiger partial charge >= 0.3 is 29.6 Å². The van der Waals surface area contributed by atoms with Crippen LogP contribution in [0.4, 0.5) is 0 Å². The molecule has 1 atom stereocenters. The second-order valence-electron chi connectivity index (χ2n) is 1.41. The molecule has 0 spiro atoms. The van der Waals surface area contributed by atoms with Crippen molar-refractivity contribution < 1.29 is 47.6 Å². The minimum Gasteiger partial charge on any atom is -0.746 e. The smallest absolute Gasteiger partial charge is 0.746 e. The second-order valence-corrected chi connectivity index (χ2v) is 2.88. The molecule has 0 aromatic carbocycles. The molecule has 0 rings (SSSR count). The van der Waals surface area contributed by atoms with Gasteiger partial charge in [0.25, 0.3) is 0 Å². The van der Waals surface area contributed by atoms with E-state index in [9.17, 15) is 13.0 Å². The molecule has 0 aromatic rings. The van der Waals surface area contributed by atoms with Crippen LogP contribution in [0.1, 0.15) is 6.92 Å². The summed E-state index contributed by atoms with van der Waals surface area (Å²) in [6.45, 7) is 1.51. The van der Waals surface area contributed by atoms with Crippen LogP contribution in [0.3, 0.4) is 0 Å². The van der Waals surface area contributed by atoms with E-state index in [1.54, 1.807) is 0 Å². The van der Waals surface area contributed by atoms with Gasteiger partial charge in [-0.15, -0.1) is 0 Å². The summed E-state index contributed by atoms with van der Waals surface area (Å²) in [6, 6.07) is 0. The monoisotopic (exact) mass is 174 g/mol. The maximum atomic E-state index is 9.86. The van der Waals surface area contributed by atoms with Crippen molar-refractivity contribution in [2.24, 2.45) is 0 Å². The van der Waals surface area contributed by atoms with E-state index >= 15 is 0 Å². The summed E-state index contributed by atoms with van der Waals surface area (Å²) in [7, 11) is -4.55. The third kappa shape index (κ3) is 5.40. The molecule has 0 saturated carbocycles. The molecular weight excluding hydrogens is 167 g/mol. The summed E-state index contributed by atoms with van der Waals surface area (Å²) in [5.74, 6) is 0. The van der Waals surface area contributed by atoms with Crippen LogP contribution < -0.4 is 29.6 Å². The molecule has 0 radical (unpaired) electrons. The number of aliphatic hydroxyl groups is 1. The molecule has 0 aliphatic carbocycles. The first kappa shape index (κ1) is 13.2. The minimum atomic E-state index is -4.55. The van der Waals surface area contributed by atoms with Crippen LogP contribution in [0.25, 0.3) is 0 Å². The Morgan fingerprint density at radius 1 is 1.60 bits per heavy atom. The van der Waals surface area contributed by atoms with Gasteiger partial charge < -0.3 is 9.66 Å². The fraction of sp³-hybridized carbons (Fsp3) is 0.500. The van der Waals surface area contributed by atoms with Crippen LogP contribution in [-0.4, -0.2) is 23.5 Å². The zero-order valence-corrected chi connectivity index (χ0v) is 8.63. The van der Waals surface area contributed by atoms with Crippen LogP contribution in [0.2, 0.25) is 0 Å². The van der Waals surface area contributed by atoms with Gasteiger partial charge in [-0.1, -0.05) is 6.08 Å². The summed E-state index contributed by atoms with van der Waals surface area (Å²) in [5.41, 5.74) is -1.90. The molecule has 0 amide bonds. The summed E-state index contributed by atoms with van der Waals surface area (Å²) in [5, 5.41) is 8.40. The largest absolute Gasteiger partial charge is 1.00 e. The molecule has 6 heteroatoms. The van der Waals surface area contributed by atoms with Gasteiger partial charge in [0.2, 0.25) is 0 Å². The Labute approximate surface area is 82.0 Å². The van der Waals surface area contributed by atoms with Crippen LogP contribution in [0.15, 0.2) is 12.2 Å². The van der Waals surface area contributed by atoms with Crippen molar-refractivity contribution in [1.82, 2.24) is 0 Å². The van der Waals surface area contributed by atoms with Crippen LogP contribution >= 0.6 is 0 Å². The van der Waals surface area contributed by atoms with Crippen molar-refractivity contribution in [2.45, 2.75) is 12.4 Å². The maximum Gasteiger partial charge on any atom is 1.00 e. The summed E-state index contributed by atoms with van der Waals surface area (Å²) in [4.78, 5) is 0. The van der Waals surface area contributed by atoms with Gasteiger partial charge in [-0.2, -0.15) is 0 Å². The second kappa shape index (κ2) is 5.29. The first-order valence-corrected chi connectivity index (χ1v) is 3.71. The molecule has 0 aliphatic rings. The van der Waals surface area contributed by atoms with Crippen molar-refractivity contribution in [2.75, 3.05) is 0 Å². The zero-order valence-electron chi connectivity index (χ0n) is 5.81. The topological polar surface area (TPSA) is 77.4 Å². The first-order valence-electron chi connectivity index (χ1n) is 2.24. The van der Waals surface area contributed by atoms with Crippen molar-refractivity contribution in [3.05, 3.63) is 12.2 Å². The molecule has 10 heavy (non-hydrogen) atoms. The van der Waals surface area contributed by atoms with Gasteiger partial charge in [0.05, 0.1) is 0 Å². The average Bonchev–Trinajstić information content (AvgIpc) is 1.64. The Bertz CT molecular complexity index is 195. The molecule has 0 heterocycles. The summed E-state index contributed by atoms with van der Waals surface area (Å²) in [6.07, 6.45) is 2.20. The normalized spacial score (nSPS) is 14.7. The Morgan fingerprint density at radius 3 is 2.10 bits per heavy atom. The number of hydrogen-bond acceptors (Lipinski definition) is 4. The number of aliphatic hydroxyl groups excluding tert-OH is 1. The van der Waals surface area contributed by atoms with Crippen LogP contribution in [0.5, 0.6) is 0 Å². The van der Waals surface area contributed by atoms with E-state index in [2.05, 4.69) is 0 Å². The van der Waals surface area contributed by atoms with Gasteiger partial charge in [-0.05, 0) is 13.0 Å². The van der Waals surface area contributed by atoms with E-state index in [0.29, 0.717) is 0 Å². The Morgan fingerprint density at radius 2 is 2.00 bits per heavy atom. The first-order chi connectivity index (χ1) is 3.98. The molecule has 4 nitrogen and oxygen atoms in total. The van der Waals surface area contributed by atoms with Crippen molar-refractivity contribution >= 4 is 10.1 Å². The van der Waals surface area contributed by atoms with Gasteiger partial charge in [-0.25, -0.2) is 8.42 Å². The number of rotatable bonds is 2. The zero-order chi connectivity index (χ0) is 7.49. The third-order valence-corrected chi connectivity index (χ3v) is 1.40. The van der Waals surface area contributed by atoms with E-state index in [1.807, 2.05) is 0 Å². The Balaban J connectivity index is 0. The van der Waals surface area contributed by atoms with Crippen molar-refractivity contribution in [1.29, 1.82) is 0 Å². The minimum absolute atomic E-state index is 0. The number of allylic oxidation sites excluding steroid dienone is 1. The van der Waals surface area contributed by atoms with E-state index in [1.165, 1.54) is 13.0 Å². The molecule has 54 valence electrons.